The average Bonchev–Trinajstić information content (AvgIpc) is 2.12. The number of rotatable bonds is 5. The standard InChI is InChI=1S/C6H7FN2O6/c1-4(2)5(10)15-3-6(7,8(11)12)9(13)14/h1,3H2,2H3. The summed E-state index contributed by atoms with van der Waals surface area (Å²) in [6.07, 6.45) is 0. The molecule has 0 fully saturated rings. The van der Waals surface area contributed by atoms with Crippen LogP contribution in [0.5, 0.6) is 0 Å². The number of carbonyl (C=O) groups is 1. The largest absolute Gasteiger partial charge is 0.648 e. The predicted octanol–water partition coefficient (Wildman–Crippen LogP) is 0.282. The Labute approximate surface area is 82.6 Å². The van der Waals surface area contributed by atoms with Gasteiger partial charge in [-0.15, -0.1) is 0 Å². The number of carbonyl (C=O) groups excluding carboxylic acids is 1. The lowest BCUT2D eigenvalue weighted by molar-refractivity contribution is -0.832. The predicted molar refractivity (Wildman–Crippen MR) is 43.6 cm³/mol. The van der Waals surface area contributed by atoms with E-state index in [4.69, 9.17) is 0 Å². The van der Waals surface area contributed by atoms with Crippen molar-refractivity contribution >= 4 is 5.97 Å². The van der Waals surface area contributed by atoms with Gasteiger partial charge in [-0.1, -0.05) is 11.0 Å². The van der Waals surface area contributed by atoms with Crippen LogP contribution in [0.3, 0.4) is 0 Å². The van der Waals surface area contributed by atoms with Crippen LogP contribution in [-0.2, 0) is 9.53 Å². The SMILES string of the molecule is C=C(C)C(=O)OCC(F)([N+](=O)[O-])[N+](=O)[O-]. The quantitative estimate of drug-likeness (QED) is 0.165. The van der Waals surface area contributed by atoms with Crippen LogP contribution in [0.2, 0.25) is 0 Å². The molecule has 0 aliphatic rings. The van der Waals surface area contributed by atoms with Gasteiger partial charge < -0.3 is 4.74 Å². The summed E-state index contributed by atoms with van der Waals surface area (Å²) in [6, 6.07) is 0. The molecule has 0 spiro atoms. The first-order valence-electron chi connectivity index (χ1n) is 3.52. The van der Waals surface area contributed by atoms with Gasteiger partial charge in [-0.25, -0.2) is 4.79 Å². The highest BCUT2D eigenvalue weighted by Gasteiger charge is 2.59. The molecule has 0 rings (SSSR count). The molecule has 0 N–H and O–H groups in total. The molecule has 0 aromatic rings. The molecule has 0 saturated heterocycles. The number of hydrogen-bond acceptors (Lipinski definition) is 6. The van der Waals surface area contributed by atoms with E-state index in [1.54, 1.807) is 0 Å². The van der Waals surface area contributed by atoms with Gasteiger partial charge in [0.05, 0.1) is 0 Å². The van der Waals surface area contributed by atoms with Gasteiger partial charge in [0.25, 0.3) is 6.61 Å². The normalized spacial score (nSPS) is 10.5. The molecule has 15 heavy (non-hydrogen) atoms. The summed E-state index contributed by atoms with van der Waals surface area (Å²) in [5, 5.41) is 20.0. The summed E-state index contributed by atoms with van der Waals surface area (Å²) in [7, 11) is 0. The third-order valence-electron chi connectivity index (χ3n) is 1.29. The second kappa shape index (κ2) is 4.44. The molecule has 0 heterocycles. The first-order chi connectivity index (χ1) is 6.71. The lowest BCUT2D eigenvalue weighted by Crippen LogP contribution is -2.46. The molecule has 9 heteroatoms. The lowest BCUT2D eigenvalue weighted by atomic mass is 10.4. The maximum atomic E-state index is 13.0. The van der Waals surface area contributed by atoms with Crippen LogP contribution in [0.15, 0.2) is 12.2 Å². The maximum Gasteiger partial charge on any atom is 0.648 e. The van der Waals surface area contributed by atoms with E-state index in [1.807, 2.05) is 0 Å². The molecule has 0 aliphatic carbocycles. The highest BCUT2D eigenvalue weighted by molar-refractivity contribution is 5.86. The summed E-state index contributed by atoms with van der Waals surface area (Å²) in [6.45, 7) is 2.72. The molecule has 0 aromatic carbocycles. The van der Waals surface area contributed by atoms with Gasteiger partial charge in [0.1, 0.15) is 9.85 Å². The molecule has 0 aromatic heterocycles. The summed E-state index contributed by atoms with van der Waals surface area (Å²) >= 11 is 0. The minimum atomic E-state index is -4.02. The Balaban J connectivity index is 4.60. The molecule has 84 valence electrons. The molecule has 0 aliphatic heterocycles. The summed E-state index contributed by atoms with van der Waals surface area (Å²) in [5.41, 5.74) is -0.149. The zero-order valence-corrected chi connectivity index (χ0v) is 7.64. The first kappa shape index (κ1) is 12.9. The summed E-state index contributed by atoms with van der Waals surface area (Å²) < 4.78 is 17.0. The molecule has 0 bridgehead atoms. The smallest absolute Gasteiger partial charge is 0.442 e. The fraction of sp³-hybridized carbons (Fsp3) is 0.500. The number of esters is 1. The van der Waals surface area contributed by atoms with Crippen LogP contribution in [0, 0.1) is 20.2 Å². The Morgan fingerprint density at radius 1 is 1.47 bits per heavy atom. The summed E-state index contributed by atoms with van der Waals surface area (Å²) in [5.74, 6) is -5.16. The molecule has 0 amide bonds. The van der Waals surface area contributed by atoms with E-state index in [0.717, 1.165) is 0 Å². The van der Waals surface area contributed by atoms with Crippen molar-refractivity contribution in [2.45, 2.75) is 12.8 Å². The van der Waals surface area contributed by atoms with Crippen LogP contribution in [-0.4, -0.2) is 28.3 Å². The second-order valence-corrected chi connectivity index (χ2v) is 2.59. The van der Waals surface area contributed by atoms with Crippen molar-refractivity contribution in [3.8, 4) is 0 Å². The van der Waals surface area contributed by atoms with Gasteiger partial charge in [-0.3, -0.25) is 20.2 Å². The monoisotopic (exact) mass is 222 g/mol. The minimum absolute atomic E-state index is 0.149. The van der Waals surface area contributed by atoms with Crippen LogP contribution in [0.4, 0.5) is 4.39 Å². The van der Waals surface area contributed by atoms with E-state index in [1.165, 1.54) is 6.92 Å². The van der Waals surface area contributed by atoms with Gasteiger partial charge in [-0.2, -0.15) is 0 Å². The Bertz CT molecular complexity index is 314. The highest BCUT2D eigenvalue weighted by atomic mass is 19.2. The van der Waals surface area contributed by atoms with Gasteiger partial charge in [0.15, 0.2) is 0 Å². The average molecular weight is 222 g/mol. The molecule has 0 saturated carbocycles. The van der Waals surface area contributed by atoms with Crippen LogP contribution in [0.1, 0.15) is 6.92 Å². The third-order valence-corrected chi connectivity index (χ3v) is 1.29. The number of halogens is 1. The van der Waals surface area contributed by atoms with Gasteiger partial charge in [0.2, 0.25) is 0 Å². The maximum absolute atomic E-state index is 13.0. The number of nitro groups is 2. The number of nitrogens with zero attached hydrogens (tertiary/aromatic N) is 2. The zero-order valence-electron chi connectivity index (χ0n) is 7.64. The number of ether oxygens (including phenoxy) is 1. The Morgan fingerprint density at radius 2 is 1.87 bits per heavy atom. The Hall–Kier alpha value is -2.06. The van der Waals surface area contributed by atoms with Crippen molar-refractivity contribution in [2.24, 2.45) is 0 Å². The third kappa shape index (κ3) is 2.97. The molecule has 8 nitrogen and oxygen atoms in total. The summed E-state index contributed by atoms with van der Waals surface area (Å²) in [4.78, 5) is 27.2. The van der Waals surface area contributed by atoms with Crippen molar-refractivity contribution in [1.82, 2.24) is 0 Å². The van der Waals surface area contributed by atoms with Crippen molar-refractivity contribution in [3.63, 3.8) is 0 Å². The van der Waals surface area contributed by atoms with Crippen molar-refractivity contribution in [3.05, 3.63) is 32.4 Å². The zero-order chi connectivity index (χ0) is 12.2. The van der Waals surface area contributed by atoms with E-state index < -0.39 is 28.3 Å². The second-order valence-electron chi connectivity index (χ2n) is 2.59. The van der Waals surface area contributed by atoms with Gasteiger partial charge >= 0.3 is 11.9 Å². The minimum Gasteiger partial charge on any atom is -0.442 e. The lowest BCUT2D eigenvalue weighted by Gasteiger charge is -2.08. The topological polar surface area (TPSA) is 113 Å². The van der Waals surface area contributed by atoms with E-state index in [2.05, 4.69) is 11.3 Å². The Morgan fingerprint density at radius 3 is 2.13 bits per heavy atom. The molecule has 0 unspecified atom stereocenters. The number of alkyl halides is 1. The van der Waals surface area contributed by atoms with Crippen molar-refractivity contribution in [1.29, 1.82) is 0 Å². The van der Waals surface area contributed by atoms with Gasteiger partial charge in [-0.05, 0) is 6.92 Å². The van der Waals surface area contributed by atoms with E-state index >= 15 is 0 Å². The fourth-order valence-corrected chi connectivity index (χ4v) is 0.453. The molecular formula is C6H7FN2O6. The van der Waals surface area contributed by atoms with Gasteiger partial charge in [0, 0.05) is 5.57 Å². The first-order valence-corrected chi connectivity index (χ1v) is 3.52. The Kier molecular flexibility index (Phi) is 3.83. The number of hydrogen-bond donors (Lipinski definition) is 0. The van der Waals surface area contributed by atoms with Crippen molar-refractivity contribution in [2.75, 3.05) is 6.61 Å². The molecule has 0 radical (unpaired) electrons. The van der Waals surface area contributed by atoms with E-state index in [-0.39, 0.29) is 5.57 Å². The van der Waals surface area contributed by atoms with Crippen LogP contribution in [0.25, 0.3) is 0 Å². The van der Waals surface area contributed by atoms with Crippen LogP contribution < -0.4 is 0 Å². The fourth-order valence-electron chi connectivity index (χ4n) is 0.453. The molecule has 0 atom stereocenters. The van der Waals surface area contributed by atoms with E-state index in [0.29, 0.717) is 0 Å². The molecular weight excluding hydrogens is 215 g/mol. The van der Waals surface area contributed by atoms with Crippen LogP contribution >= 0.6 is 0 Å². The highest BCUT2D eigenvalue weighted by Crippen LogP contribution is 2.14. The van der Waals surface area contributed by atoms with E-state index in [9.17, 15) is 29.4 Å². The van der Waals surface area contributed by atoms with Crippen molar-refractivity contribution < 1.29 is 23.8 Å².